The first-order valence-electron chi connectivity index (χ1n) is 7.93. The number of hydrogen-bond donors (Lipinski definition) is 1. The lowest BCUT2D eigenvalue weighted by molar-refractivity contribution is -0.384. The van der Waals surface area contributed by atoms with Crippen LogP contribution in [0.2, 0.25) is 0 Å². The van der Waals surface area contributed by atoms with Crippen molar-refractivity contribution in [2.24, 2.45) is 0 Å². The van der Waals surface area contributed by atoms with E-state index in [4.69, 9.17) is 0 Å². The Balaban J connectivity index is 1.68. The molecule has 0 aliphatic carbocycles. The van der Waals surface area contributed by atoms with E-state index in [-0.39, 0.29) is 23.0 Å². The zero-order valence-electron chi connectivity index (χ0n) is 14.3. The zero-order valence-corrected chi connectivity index (χ0v) is 15.1. The molecule has 1 aromatic heterocycles. The van der Waals surface area contributed by atoms with Crippen molar-refractivity contribution in [3.63, 3.8) is 0 Å². The Morgan fingerprint density at radius 1 is 1.26 bits per heavy atom. The molecule has 7 nitrogen and oxygen atoms in total. The number of anilines is 1. The number of nitro benzene ring substituents is 1. The molecule has 1 N–H and O–H groups in total. The van der Waals surface area contributed by atoms with Gasteiger partial charge >= 0.3 is 0 Å². The molecule has 9 heteroatoms. The Kier molecular flexibility index (Phi) is 5.51. The molecular formula is C18H15FN4O3S. The molecule has 0 radical (unpaired) electrons. The summed E-state index contributed by atoms with van der Waals surface area (Å²) in [6, 6.07) is 13.8. The average molecular weight is 386 g/mol. The summed E-state index contributed by atoms with van der Waals surface area (Å²) >= 11 is 1.24. The number of nitro groups is 1. The SMILES string of the molecule is Cc1cc(NC(=O)CSc2ccc([N+](=O)[O-])cc2)n(-c2ccccc2F)n1. The Labute approximate surface area is 158 Å². The van der Waals surface area contributed by atoms with Crippen molar-refractivity contribution >= 4 is 29.2 Å². The van der Waals surface area contributed by atoms with Crippen LogP contribution in [0.5, 0.6) is 0 Å². The van der Waals surface area contributed by atoms with Crippen LogP contribution in [-0.4, -0.2) is 26.4 Å². The number of rotatable bonds is 6. The van der Waals surface area contributed by atoms with Gasteiger partial charge in [-0.2, -0.15) is 5.10 Å². The second-order valence-corrected chi connectivity index (χ2v) is 6.67. The summed E-state index contributed by atoms with van der Waals surface area (Å²) in [7, 11) is 0. The van der Waals surface area contributed by atoms with Crippen molar-refractivity contribution in [2.45, 2.75) is 11.8 Å². The van der Waals surface area contributed by atoms with Gasteiger partial charge in [-0.25, -0.2) is 9.07 Å². The quantitative estimate of drug-likeness (QED) is 0.393. The summed E-state index contributed by atoms with van der Waals surface area (Å²) in [5.41, 5.74) is 0.869. The van der Waals surface area contributed by atoms with Gasteiger partial charge in [-0.05, 0) is 31.2 Å². The number of para-hydroxylation sites is 1. The van der Waals surface area contributed by atoms with E-state index in [9.17, 15) is 19.3 Å². The maximum Gasteiger partial charge on any atom is 0.269 e. The number of nitrogens with zero attached hydrogens (tertiary/aromatic N) is 3. The predicted molar refractivity (Wildman–Crippen MR) is 101 cm³/mol. The van der Waals surface area contributed by atoms with Gasteiger partial charge in [-0.15, -0.1) is 11.8 Å². The molecule has 0 spiro atoms. The molecule has 0 saturated carbocycles. The van der Waals surface area contributed by atoms with Gasteiger partial charge in [0.2, 0.25) is 5.91 Å². The number of carbonyl (C=O) groups excluding carboxylic acids is 1. The lowest BCUT2D eigenvalue weighted by atomic mass is 10.3. The van der Waals surface area contributed by atoms with Crippen LogP contribution in [0.15, 0.2) is 59.5 Å². The lowest BCUT2D eigenvalue weighted by Crippen LogP contribution is -2.17. The standard InChI is InChI=1S/C18H15FN4O3S/c1-12-10-17(22(21-12)16-5-3-2-4-15(16)19)20-18(24)11-27-14-8-6-13(7-9-14)23(25)26/h2-10H,11H2,1H3,(H,20,24). The molecule has 138 valence electrons. The van der Waals surface area contributed by atoms with Crippen molar-refractivity contribution in [2.75, 3.05) is 11.1 Å². The van der Waals surface area contributed by atoms with E-state index in [2.05, 4.69) is 10.4 Å². The van der Waals surface area contributed by atoms with Gasteiger partial charge in [0.15, 0.2) is 0 Å². The van der Waals surface area contributed by atoms with Gasteiger partial charge in [0, 0.05) is 23.1 Å². The topological polar surface area (TPSA) is 90.1 Å². The molecule has 2 aromatic carbocycles. The van der Waals surface area contributed by atoms with Gasteiger partial charge < -0.3 is 5.32 Å². The summed E-state index contributed by atoms with van der Waals surface area (Å²) in [6.07, 6.45) is 0. The largest absolute Gasteiger partial charge is 0.310 e. The highest BCUT2D eigenvalue weighted by molar-refractivity contribution is 8.00. The van der Waals surface area contributed by atoms with Crippen LogP contribution in [0.1, 0.15) is 5.69 Å². The monoisotopic (exact) mass is 386 g/mol. The molecule has 3 aromatic rings. The zero-order chi connectivity index (χ0) is 19.4. The summed E-state index contributed by atoms with van der Waals surface area (Å²) < 4.78 is 15.4. The van der Waals surface area contributed by atoms with E-state index < -0.39 is 10.7 Å². The maximum atomic E-state index is 14.0. The molecule has 0 aliphatic rings. The average Bonchev–Trinajstić information content (AvgIpc) is 3.00. The predicted octanol–water partition coefficient (Wildman–Crippen LogP) is 3.96. The summed E-state index contributed by atoms with van der Waals surface area (Å²) in [4.78, 5) is 23.2. The third-order valence-corrected chi connectivity index (χ3v) is 4.61. The van der Waals surface area contributed by atoms with E-state index in [0.717, 1.165) is 4.90 Å². The Hall–Kier alpha value is -3.20. The summed E-state index contributed by atoms with van der Waals surface area (Å²) in [6.45, 7) is 1.75. The number of amides is 1. The molecule has 1 heterocycles. The molecule has 27 heavy (non-hydrogen) atoms. The molecule has 0 bridgehead atoms. The molecule has 0 aliphatic heterocycles. The maximum absolute atomic E-state index is 14.0. The van der Waals surface area contributed by atoms with Gasteiger partial charge in [-0.3, -0.25) is 14.9 Å². The van der Waals surface area contributed by atoms with Crippen LogP contribution >= 0.6 is 11.8 Å². The van der Waals surface area contributed by atoms with Gasteiger partial charge in [-0.1, -0.05) is 12.1 Å². The third kappa shape index (κ3) is 4.50. The molecule has 3 rings (SSSR count). The van der Waals surface area contributed by atoms with E-state index >= 15 is 0 Å². The van der Waals surface area contributed by atoms with Crippen LogP contribution < -0.4 is 5.32 Å². The van der Waals surface area contributed by atoms with E-state index in [0.29, 0.717) is 11.5 Å². The number of halogens is 1. The molecular weight excluding hydrogens is 371 g/mol. The number of thioether (sulfide) groups is 1. The first-order chi connectivity index (χ1) is 12.9. The third-order valence-electron chi connectivity index (χ3n) is 3.60. The Morgan fingerprint density at radius 2 is 1.96 bits per heavy atom. The Bertz CT molecular complexity index is 989. The number of carbonyl (C=O) groups is 1. The number of aromatic nitrogens is 2. The van der Waals surface area contributed by atoms with E-state index in [1.807, 2.05) is 0 Å². The Morgan fingerprint density at radius 3 is 2.63 bits per heavy atom. The number of aryl methyl sites for hydroxylation is 1. The fraction of sp³-hybridized carbons (Fsp3) is 0.111. The van der Waals surface area contributed by atoms with Gasteiger partial charge in [0.05, 0.1) is 16.4 Å². The number of nitrogens with one attached hydrogen (secondary N) is 1. The number of non-ortho nitro benzene ring substituents is 1. The fourth-order valence-corrected chi connectivity index (χ4v) is 3.09. The van der Waals surface area contributed by atoms with Gasteiger partial charge in [0.25, 0.3) is 5.69 Å². The summed E-state index contributed by atoms with van der Waals surface area (Å²) in [5, 5.41) is 17.6. The molecule has 0 unspecified atom stereocenters. The van der Waals surface area contributed by atoms with Crippen LogP contribution in [-0.2, 0) is 4.79 Å². The van der Waals surface area contributed by atoms with Crippen molar-refractivity contribution < 1.29 is 14.1 Å². The fourth-order valence-electron chi connectivity index (χ4n) is 2.39. The minimum absolute atomic E-state index is 0.00642. The highest BCUT2D eigenvalue weighted by Crippen LogP contribution is 2.23. The minimum Gasteiger partial charge on any atom is -0.310 e. The van der Waals surface area contributed by atoms with Crippen molar-refractivity contribution in [3.8, 4) is 5.69 Å². The molecule has 0 atom stereocenters. The second-order valence-electron chi connectivity index (χ2n) is 5.62. The second kappa shape index (κ2) is 8.00. The van der Waals surface area contributed by atoms with Crippen LogP contribution in [0.25, 0.3) is 5.69 Å². The number of benzene rings is 2. The smallest absolute Gasteiger partial charge is 0.269 e. The normalized spacial score (nSPS) is 10.6. The minimum atomic E-state index is -0.479. The summed E-state index contributed by atoms with van der Waals surface area (Å²) in [5.74, 6) is -0.279. The number of hydrogen-bond acceptors (Lipinski definition) is 5. The van der Waals surface area contributed by atoms with Crippen LogP contribution in [0, 0.1) is 22.9 Å². The highest BCUT2D eigenvalue weighted by atomic mass is 32.2. The van der Waals surface area contributed by atoms with E-state index in [1.54, 1.807) is 43.3 Å². The van der Waals surface area contributed by atoms with Crippen molar-refractivity contribution in [1.82, 2.24) is 9.78 Å². The highest BCUT2D eigenvalue weighted by Gasteiger charge is 2.14. The van der Waals surface area contributed by atoms with Gasteiger partial charge in [0.1, 0.15) is 17.3 Å². The van der Waals surface area contributed by atoms with Crippen molar-refractivity contribution in [1.29, 1.82) is 0 Å². The van der Waals surface area contributed by atoms with Crippen LogP contribution in [0.3, 0.4) is 0 Å². The molecule has 0 fully saturated rings. The molecule has 1 amide bonds. The van der Waals surface area contributed by atoms with E-state index in [1.165, 1.54) is 34.6 Å². The lowest BCUT2D eigenvalue weighted by Gasteiger charge is -2.09. The molecule has 0 saturated heterocycles. The first-order valence-corrected chi connectivity index (χ1v) is 8.91. The van der Waals surface area contributed by atoms with Crippen LogP contribution in [0.4, 0.5) is 15.9 Å². The van der Waals surface area contributed by atoms with Crippen molar-refractivity contribution in [3.05, 3.63) is 76.2 Å². The first kappa shape index (κ1) is 18.6.